The molecule has 3 N–H and O–H groups in total. The number of halogens is 3. The molecule has 0 radical (unpaired) electrons. The third kappa shape index (κ3) is 5.48. The standard InChI is InChI=1S/C22H21F3N4O4/c1-13-6-8-15(9-7-13)21(2)19(32)29(20(33)28-21)11-17(30)27-16-5-3-4-14(10-16)18(31)26-12-22(23,24)25/h3-10H,11-12H2,1-2H3,(H,26,31)(H,27,30)(H,28,33). The maximum Gasteiger partial charge on any atom is 0.405 e. The first-order valence-electron chi connectivity index (χ1n) is 9.85. The van der Waals surface area contributed by atoms with Crippen LogP contribution < -0.4 is 16.0 Å². The van der Waals surface area contributed by atoms with Crippen LogP contribution in [-0.4, -0.2) is 47.9 Å². The Kier molecular flexibility index (Phi) is 6.43. The summed E-state index contributed by atoms with van der Waals surface area (Å²) in [6, 6.07) is 11.6. The molecular formula is C22H21F3N4O4. The summed E-state index contributed by atoms with van der Waals surface area (Å²) in [6.45, 7) is 1.34. The molecule has 1 aliphatic heterocycles. The van der Waals surface area contributed by atoms with Crippen LogP contribution in [0, 0.1) is 6.92 Å². The van der Waals surface area contributed by atoms with Crippen molar-refractivity contribution in [2.75, 3.05) is 18.4 Å². The van der Waals surface area contributed by atoms with Gasteiger partial charge in [0.25, 0.3) is 11.8 Å². The zero-order chi connectivity index (χ0) is 24.4. The topological polar surface area (TPSA) is 108 Å². The number of imide groups is 1. The molecule has 1 heterocycles. The summed E-state index contributed by atoms with van der Waals surface area (Å²) in [5.74, 6) is -2.29. The number of hydrogen-bond acceptors (Lipinski definition) is 4. The molecule has 1 saturated heterocycles. The molecule has 1 aliphatic rings. The van der Waals surface area contributed by atoms with Crippen LogP contribution in [0.2, 0.25) is 0 Å². The van der Waals surface area contributed by atoms with Gasteiger partial charge in [-0.15, -0.1) is 0 Å². The molecule has 174 valence electrons. The van der Waals surface area contributed by atoms with Crippen LogP contribution in [-0.2, 0) is 15.1 Å². The number of aryl methyl sites for hydroxylation is 1. The van der Waals surface area contributed by atoms with Crippen molar-refractivity contribution >= 4 is 29.4 Å². The number of hydrogen-bond donors (Lipinski definition) is 3. The second-order valence-electron chi connectivity index (χ2n) is 7.74. The van der Waals surface area contributed by atoms with Crippen LogP contribution in [0.25, 0.3) is 0 Å². The molecule has 1 fully saturated rings. The molecule has 11 heteroatoms. The van der Waals surface area contributed by atoms with Crippen molar-refractivity contribution in [1.82, 2.24) is 15.5 Å². The van der Waals surface area contributed by atoms with E-state index < -0.39 is 48.6 Å². The fraction of sp³-hybridized carbons (Fsp3) is 0.273. The lowest BCUT2D eigenvalue weighted by atomic mass is 9.91. The smallest absolute Gasteiger partial charge is 0.343 e. The molecule has 5 amide bonds. The molecule has 3 rings (SSSR count). The summed E-state index contributed by atoms with van der Waals surface area (Å²) in [6.07, 6.45) is -4.56. The number of amides is 5. The number of carbonyl (C=O) groups is 4. The van der Waals surface area contributed by atoms with Gasteiger partial charge in [0.2, 0.25) is 5.91 Å². The van der Waals surface area contributed by atoms with Gasteiger partial charge in [-0.1, -0.05) is 35.9 Å². The molecule has 33 heavy (non-hydrogen) atoms. The number of urea groups is 1. The van der Waals surface area contributed by atoms with Crippen LogP contribution in [0.15, 0.2) is 48.5 Å². The minimum absolute atomic E-state index is 0.0982. The Morgan fingerprint density at radius 1 is 1.09 bits per heavy atom. The molecule has 2 aromatic carbocycles. The lowest BCUT2D eigenvalue weighted by molar-refractivity contribution is -0.133. The number of nitrogens with one attached hydrogen (secondary N) is 3. The summed E-state index contributed by atoms with van der Waals surface area (Å²) in [5, 5.41) is 6.77. The van der Waals surface area contributed by atoms with E-state index in [0.717, 1.165) is 10.5 Å². The van der Waals surface area contributed by atoms with E-state index in [1.807, 2.05) is 6.92 Å². The SMILES string of the molecule is Cc1ccc(C2(C)NC(=O)N(CC(=O)Nc3cccc(C(=O)NCC(F)(F)F)c3)C2=O)cc1. The Hall–Kier alpha value is -3.89. The molecule has 0 saturated carbocycles. The van der Waals surface area contributed by atoms with Gasteiger partial charge in [-0.05, 0) is 37.6 Å². The number of nitrogens with zero attached hydrogens (tertiary/aromatic N) is 1. The maximum absolute atomic E-state index is 12.9. The normalized spacial score (nSPS) is 18.2. The van der Waals surface area contributed by atoms with E-state index in [2.05, 4.69) is 10.6 Å². The third-order valence-electron chi connectivity index (χ3n) is 5.06. The van der Waals surface area contributed by atoms with E-state index >= 15 is 0 Å². The van der Waals surface area contributed by atoms with E-state index in [9.17, 15) is 32.3 Å². The second-order valence-corrected chi connectivity index (χ2v) is 7.74. The highest BCUT2D eigenvalue weighted by Gasteiger charge is 2.49. The van der Waals surface area contributed by atoms with E-state index in [1.165, 1.54) is 24.3 Å². The minimum atomic E-state index is -4.56. The zero-order valence-corrected chi connectivity index (χ0v) is 17.7. The van der Waals surface area contributed by atoms with E-state index in [-0.39, 0.29) is 11.3 Å². The lowest BCUT2D eigenvalue weighted by Crippen LogP contribution is -2.42. The molecule has 0 spiro atoms. The highest BCUT2D eigenvalue weighted by atomic mass is 19.4. The van der Waals surface area contributed by atoms with Crippen LogP contribution in [0.1, 0.15) is 28.4 Å². The summed E-state index contributed by atoms with van der Waals surface area (Å²) in [5.41, 5.74) is 0.227. The summed E-state index contributed by atoms with van der Waals surface area (Å²) in [4.78, 5) is 50.4. The molecule has 1 unspecified atom stereocenters. The molecular weight excluding hydrogens is 441 g/mol. The largest absolute Gasteiger partial charge is 0.405 e. The van der Waals surface area contributed by atoms with Crippen LogP contribution >= 0.6 is 0 Å². The molecule has 0 bridgehead atoms. The Morgan fingerprint density at radius 2 is 1.76 bits per heavy atom. The van der Waals surface area contributed by atoms with Crippen LogP contribution in [0.5, 0.6) is 0 Å². The summed E-state index contributed by atoms with van der Waals surface area (Å²) in [7, 11) is 0. The highest BCUT2D eigenvalue weighted by Crippen LogP contribution is 2.29. The first-order valence-corrected chi connectivity index (χ1v) is 9.85. The Bertz CT molecular complexity index is 1100. The third-order valence-corrected chi connectivity index (χ3v) is 5.06. The van der Waals surface area contributed by atoms with E-state index in [0.29, 0.717) is 5.56 Å². The van der Waals surface area contributed by atoms with Gasteiger partial charge in [-0.3, -0.25) is 19.3 Å². The van der Waals surface area contributed by atoms with Gasteiger partial charge in [-0.2, -0.15) is 13.2 Å². The van der Waals surface area contributed by atoms with Crippen molar-refractivity contribution in [3.63, 3.8) is 0 Å². The number of anilines is 1. The van der Waals surface area contributed by atoms with Crippen molar-refractivity contribution in [2.24, 2.45) is 0 Å². The monoisotopic (exact) mass is 462 g/mol. The van der Waals surface area contributed by atoms with E-state index in [1.54, 1.807) is 36.5 Å². The molecule has 2 aromatic rings. The molecule has 1 atom stereocenters. The van der Waals surface area contributed by atoms with Gasteiger partial charge in [0.05, 0.1) is 0 Å². The number of rotatable bonds is 6. The van der Waals surface area contributed by atoms with Crippen LogP contribution in [0.4, 0.5) is 23.7 Å². The molecule has 0 aliphatic carbocycles. The lowest BCUT2D eigenvalue weighted by Gasteiger charge is -2.22. The molecule has 0 aromatic heterocycles. The predicted octanol–water partition coefficient (Wildman–Crippen LogP) is 2.69. The molecule has 8 nitrogen and oxygen atoms in total. The van der Waals surface area contributed by atoms with Crippen molar-refractivity contribution < 1.29 is 32.3 Å². The van der Waals surface area contributed by atoms with Gasteiger partial charge < -0.3 is 16.0 Å². The van der Waals surface area contributed by atoms with Gasteiger partial charge in [0.15, 0.2) is 0 Å². The zero-order valence-electron chi connectivity index (χ0n) is 17.7. The Balaban J connectivity index is 1.66. The highest BCUT2D eigenvalue weighted by molar-refractivity contribution is 6.10. The average Bonchev–Trinajstić information content (AvgIpc) is 2.96. The summed E-state index contributed by atoms with van der Waals surface area (Å²) >= 11 is 0. The quantitative estimate of drug-likeness (QED) is 0.574. The number of alkyl halides is 3. The van der Waals surface area contributed by atoms with Crippen molar-refractivity contribution in [2.45, 2.75) is 25.6 Å². The van der Waals surface area contributed by atoms with Crippen molar-refractivity contribution in [3.8, 4) is 0 Å². The number of carbonyl (C=O) groups excluding carboxylic acids is 4. The van der Waals surface area contributed by atoms with Crippen molar-refractivity contribution in [3.05, 3.63) is 65.2 Å². The average molecular weight is 462 g/mol. The minimum Gasteiger partial charge on any atom is -0.343 e. The summed E-state index contributed by atoms with van der Waals surface area (Å²) < 4.78 is 36.9. The first kappa shape index (κ1) is 23.8. The fourth-order valence-corrected chi connectivity index (χ4v) is 3.29. The predicted molar refractivity (Wildman–Crippen MR) is 112 cm³/mol. The van der Waals surface area contributed by atoms with Crippen molar-refractivity contribution in [1.29, 1.82) is 0 Å². The van der Waals surface area contributed by atoms with Gasteiger partial charge in [0.1, 0.15) is 18.6 Å². The fourth-order valence-electron chi connectivity index (χ4n) is 3.29. The first-order chi connectivity index (χ1) is 15.4. The Morgan fingerprint density at radius 3 is 2.39 bits per heavy atom. The van der Waals surface area contributed by atoms with Gasteiger partial charge >= 0.3 is 12.2 Å². The Labute approximate surface area is 187 Å². The van der Waals surface area contributed by atoms with E-state index in [4.69, 9.17) is 0 Å². The maximum atomic E-state index is 12.9. The van der Waals surface area contributed by atoms with Gasteiger partial charge in [-0.25, -0.2) is 4.79 Å². The van der Waals surface area contributed by atoms with Gasteiger partial charge in [0, 0.05) is 11.3 Å². The second kappa shape index (κ2) is 8.93. The number of benzene rings is 2. The van der Waals surface area contributed by atoms with Crippen LogP contribution in [0.3, 0.4) is 0 Å².